The van der Waals surface area contributed by atoms with Crippen molar-refractivity contribution in [2.24, 2.45) is 0 Å². The highest BCUT2D eigenvalue weighted by molar-refractivity contribution is 5.96. The quantitative estimate of drug-likeness (QED) is 0.404. The molecule has 0 aliphatic heterocycles. The van der Waals surface area contributed by atoms with Crippen LogP contribution >= 0.6 is 0 Å². The molecule has 0 radical (unpaired) electrons. The van der Waals surface area contributed by atoms with Gasteiger partial charge in [-0.2, -0.15) is 0 Å². The Morgan fingerprint density at radius 2 is 1.53 bits per heavy atom. The second-order valence-corrected chi connectivity index (χ2v) is 9.97. The van der Waals surface area contributed by atoms with Gasteiger partial charge in [0.25, 0.3) is 0 Å². The van der Waals surface area contributed by atoms with E-state index in [1.54, 1.807) is 0 Å². The van der Waals surface area contributed by atoms with Crippen molar-refractivity contribution in [2.75, 3.05) is 0 Å². The van der Waals surface area contributed by atoms with E-state index in [-0.39, 0.29) is 29.3 Å². The zero-order valence-corrected chi connectivity index (χ0v) is 20.6. The summed E-state index contributed by atoms with van der Waals surface area (Å²) < 4.78 is 13.4. The van der Waals surface area contributed by atoms with Crippen molar-refractivity contribution in [3.63, 3.8) is 0 Å². The number of carboxylic acid groups (broad SMARTS) is 2. The third-order valence-corrected chi connectivity index (χ3v) is 7.80. The van der Waals surface area contributed by atoms with E-state index >= 15 is 0 Å². The lowest BCUT2D eigenvalue weighted by Gasteiger charge is -2.22. The molecule has 1 unspecified atom stereocenters. The first-order valence-electron chi connectivity index (χ1n) is 12.7. The highest BCUT2D eigenvalue weighted by Crippen LogP contribution is 2.28. The molecule has 0 spiro atoms. The van der Waals surface area contributed by atoms with Gasteiger partial charge < -0.3 is 10.2 Å². The second kappa shape index (κ2) is 9.42. The average molecular weight is 505 g/mol. The predicted octanol–water partition coefficient (Wildman–Crippen LogP) is 4.95. The van der Waals surface area contributed by atoms with Crippen LogP contribution in [0.25, 0.3) is 12.2 Å². The molecule has 4 aromatic carbocycles. The Balaban J connectivity index is 1.41. The van der Waals surface area contributed by atoms with Gasteiger partial charge in [0.05, 0.1) is 11.1 Å². The summed E-state index contributed by atoms with van der Waals surface area (Å²) in [5.41, 5.74) is 5.04. The molecule has 0 saturated carbocycles. The minimum absolute atomic E-state index is 0.0127. The summed E-state index contributed by atoms with van der Waals surface area (Å²) in [4.78, 5) is 23.5. The van der Waals surface area contributed by atoms with Gasteiger partial charge in [-0.3, -0.25) is 0 Å². The fourth-order valence-corrected chi connectivity index (χ4v) is 5.95. The predicted molar refractivity (Wildman–Crippen MR) is 143 cm³/mol. The number of halogens is 1. The van der Waals surface area contributed by atoms with Gasteiger partial charge in [0.15, 0.2) is 0 Å². The number of benzene rings is 4. The van der Waals surface area contributed by atoms with E-state index in [9.17, 15) is 24.2 Å². The van der Waals surface area contributed by atoms with Crippen LogP contribution in [0.5, 0.6) is 0 Å². The lowest BCUT2D eigenvalue weighted by Crippen LogP contribution is -2.22. The van der Waals surface area contributed by atoms with Crippen LogP contribution in [0.15, 0.2) is 72.8 Å². The van der Waals surface area contributed by atoms with Crippen LogP contribution in [0.3, 0.4) is 0 Å². The van der Waals surface area contributed by atoms with Gasteiger partial charge in [-0.1, -0.05) is 60.7 Å². The normalized spacial score (nSPS) is 15.3. The zero-order chi connectivity index (χ0) is 26.4. The third kappa shape index (κ3) is 4.20. The highest BCUT2D eigenvalue weighted by atomic mass is 19.1. The average Bonchev–Trinajstić information content (AvgIpc) is 2.92. The minimum atomic E-state index is -1.13. The van der Waals surface area contributed by atoms with Gasteiger partial charge >= 0.3 is 11.9 Å². The maximum Gasteiger partial charge on any atom is 0.336 e. The molecule has 6 rings (SSSR count). The Kier molecular flexibility index (Phi) is 5.91. The van der Waals surface area contributed by atoms with Gasteiger partial charge in [0.1, 0.15) is 5.82 Å². The first-order valence-corrected chi connectivity index (χ1v) is 12.7. The molecule has 1 atom stereocenters. The molecule has 2 aliphatic carbocycles. The number of carboxylic acids is 2. The van der Waals surface area contributed by atoms with E-state index < -0.39 is 11.9 Å². The smallest absolute Gasteiger partial charge is 0.336 e. The number of aromatic carboxylic acids is 2. The van der Waals surface area contributed by atoms with Crippen LogP contribution in [0.2, 0.25) is 0 Å². The molecule has 2 N–H and O–H groups in total. The minimum Gasteiger partial charge on any atom is -0.478 e. The van der Waals surface area contributed by atoms with Crippen molar-refractivity contribution in [2.45, 2.75) is 31.6 Å². The molecular weight excluding hydrogens is 479 g/mol. The van der Waals surface area contributed by atoms with E-state index in [2.05, 4.69) is 30.4 Å². The molecule has 0 heterocycles. The van der Waals surface area contributed by atoms with Crippen LogP contribution in [0.1, 0.15) is 60.9 Å². The molecule has 4 nitrogen and oxygen atoms in total. The van der Waals surface area contributed by atoms with E-state index in [0.717, 1.165) is 40.8 Å². The maximum absolute atomic E-state index is 13.4. The summed E-state index contributed by atoms with van der Waals surface area (Å²) in [6, 6.07) is 21.6. The molecule has 38 heavy (non-hydrogen) atoms. The van der Waals surface area contributed by atoms with Gasteiger partial charge in [0, 0.05) is 5.92 Å². The fraction of sp³-hybridized carbons (Fsp3) is 0.152. The van der Waals surface area contributed by atoms with Gasteiger partial charge in [-0.05, 0) is 98.6 Å². The molecule has 188 valence electrons. The summed E-state index contributed by atoms with van der Waals surface area (Å²) in [5.74, 6) is -2.22. The molecule has 0 fully saturated rings. The third-order valence-electron chi connectivity index (χ3n) is 7.80. The van der Waals surface area contributed by atoms with Crippen LogP contribution in [-0.2, 0) is 19.3 Å². The zero-order valence-electron chi connectivity index (χ0n) is 20.6. The van der Waals surface area contributed by atoms with Crippen molar-refractivity contribution >= 4 is 24.1 Å². The van der Waals surface area contributed by atoms with Crippen LogP contribution < -0.4 is 10.4 Å². The van der Waals surface area contributed by atoms with Crippen LogP contribution in [-0.4, -0.2) is 22.2 Å². The van der Waals surface area contributed by atoms with Crippen molar-refractivity contribution in [3.8, 4) is 0 Å². The summed E-state index contributed by atoms with van der Waals surface area (Å²) in [7, 11) is 0. The number of rotatable bonds is 5. The number of hydrogen-bond donors (Lipinski definition) is 2. The highest BCUT2D eigenvalue weighted by Gasteiger charge is 2.20. The van der Waals surface area contributed by atoms with Crippen LogP contribution in [0, 0.1) is 16.3 Å². The molecule has 4 aromatic rings. The summed E-state index contributed by atoms with van der Waals surface area (Å²) in [5, 5.41) is 23.9. The van der Waals surface area contributed by atoms with Gasteiger partial charge in [-0.25, -0.2) is 14.0 Å². The standard InChI is InChI=1S/C33H25FO4/c34-24-10-5-20(6-11-24)21-7-13-26-23(18-21)9-15-27-25-12-4-19(16-22(25)8-14-28(26)27)17-31-29(32(35)36)2-1-3-30(31)33(37)38/h1-6,8-12,15-16,18,21H,7,13-14,17H2,(H,35,36)(H,37,38). The first-order chi connectivity index (χ1) is 18.4. The number of fused-ring (bicyclic) bond motifs is 4. The Morgan fingerprint density at radius 1 is 0.816 bits per heavy atom. The molecule has 0 amide bonds. The molecular formula is C33H25FO4. The molecule has 0 aromatic heterocycles. The molecule has 0 bridgehead atoms. The largest absolute Gasteiger partial charge is 0.478 e. The van der Waals surface area contributed by atoms with Crippen molar-refractivity contribution in [1.29, 1.82) is 0 Å². The first kappa shape index (κ1) is 23.9. The van der Waals surface area contributed by atoms with E-state index in [0.29, 0.717) is 5.56 Å². The summed E-state index contributed by atoms with van der Waals surface area (Å²) >= 11 is 0. The Bertz CT molecular complexity index is 1810. The summed E-state index contributed by atoms with van der Waals surface area (Å²) in [6.07, 6.45) is 7.47. The van der Waals surface area contributed by atoms with Crippen molar-refractivity contribution < 1.29 is 24.2 Å². The lowest BCUT2D eigenvalue weighted by atomic mass is 9.82. The Hall–Kier alpha value is -4.51. The number of carbonyl (C=O) groups is 2. The van der Waals surface area contributed by atoms with E-state index in [1.807, 2.05) is 24.3 Å². The van der Waals surface area contributed by atoms with Gasteiger partial charge in [0.2, 0.25) is 0 Å². The molecule has 5 heteroatoms. The van der Waals surface area contributed by atoms with Gasteiger partial charge in [-0.15, -0.1) is 0 Å². The second-order valence-electron chi connectivity index (χ2n) is 9.97. The lowest BCUT2D eigenvalue weighted by molar-refractivity contribution is 0.0696. The van der Waals surface area contributed by atoms with Crippen LogP contribution in [0.4, 0.5) is 4.39 Å². The van der Waals surface area contributed by atoms with E-state index in [1.165, 1.54) is 51.9 Å². The topological polar surface area (TPSA) is 74.6 Å². The summed E-state index contributed by atoms with van der Waals surface area (Å²) in [6.45, 7) is 0. The fourth-order valence-electron chi connectivity index (χ4n) is 5.95. The monoisotopic (exact) mass is 504 g/mol. The number of hydrogen-bond acceptors (Lipinski definition) is 2. The SMILES string of the molecule is O=C(O)c1cccc(C(=O)O)c1Cc1ccc2c(c1)=CCc1c3c(ccc1=2)=CC(c1ccc(F)cc1)CC3. The Morgan fingerprint density at radius 3 is 2.24 bits per heavy atom. The maximum atomic E-state index is 13.4. The van der Waals surface area contributed by atoms with E-state index in [4.69, 9.17) is 0 Å². The Labute approximate surface area is 218 Å². The molecule has 0 saturated heterocycles. The molecule has 2 aliphatic rings. The van der Waals surface area contributed by atoms with Crippen molar-refractivity contribution in [1.82, 2.24) is 0 Å². The van der Waals surface area contributed by atoms with Crippen molar-refractivity contribution in [3.05, 3.63) is 138 Å².